The van der Waals surface area contributed by atoms with E-state index in [1.807, 2.05) is 50.2 Å². The van der Waals surface area contributed by atoms with Crippen LogP contribution in [0.5, 0.6) is 0 Å². The van der Waals surface area contributed by atoms with Gasteiger partial charge in [-0.15, -0.1) is 0 Å². The van der Waals surface area contributed by atoms with Crippen LogP contribution in [0.2, 0.25) is 0 Å². The molecule has 0 aliphatic rings. The highest BCUT2D eigenvalue weighted by molar-refractivity contribution is 5.80. The van der Waals surface area contributed by atoms with E-state index in [0.29, 0.717) is 24.3 Å². The van der Waals surface area contributed by atoms with Gasteiger partial charge in [0.05, 0.1) is 17.7 Å². The van der Waals surface area contributed by atoms with E-state index in [2.05, 4.69) is 0 Å². The molecule has 1 aromatic heterocycles. The molecule has 142 valence electrons. The van der Waals surface area contributed by atoms with Crippen molar-refractivity contribution >= 4 is 17.0 Å². The summed E-state index contributed by atoms with van der Waals surface area (Å²) in [6, 6.07) is 16.9. The third-order valence-electron chi connectivity index (χ3n) is 4.58. The summed E-state index contributed by atoms with van der Waals surface area (Å²) in [6.45, 7) is 4.63. The molecule has 0 unspecified atom stereocenters. The predicted octanol–water partition coefficient (Wildman–Crippen LogP) is 3.05. The second-order valence-electron chi connectivity index (χ2n) is 7.13. The van der Waals surface area contributed by atoms with Crippen LogP contribution in [-0.4, -0.2) is 34.6 Å². The summed E-state index contributed by atoms with van der Waals surface area (Å²) in [5.74, 6) is -0.705. The van der Waals surface area contributed by atoms with Crippen LogP contribution in [0, 0.1) is 0 Å². The predicted molar refractivity (Wildman–Crippen MR) is 103 cm³/mol. The molecule has 0 N–H and O–H groups in total. The van der Waals surface area contributed by atoms with Gasteiger partial charge in [-0.25, -0.2) is 4.79 Å². The molecule has 6 nitrogen and oxygen atoms in total. The van der Waals surface area contributed by atoms with Crippen LogP contribution in [0.1, 0.15) is 19.4 Å². The number of rotatable bonds is 7. The molecule has 0 aliphatic carbocycles. The summed E-state index contributed by atoms with van der Waals surface area (Å²) in [7, 11) is 1.61. The first-order valence-electron chi connectivity index (χ1n) is 8.84. The maximum absolute atomic E-state index is 13.2. The van der Waals surface area contributed by atoms with E-state index in [1.54, 1.807) is 30.2 Å². The highest BCUT2D eigenvalue weighted by atomic mass is 16.5. The molecule has 6 heteroatoms. The first-order valence-corrected chi connectivity index (χ1v) is 8.84. The second-order valence-corrected chi connectivity index (χ2v) is 7.13. The molecule has 1 heterocycles. The first kappa shape index (κ1) is 18.9. The van der Waals surface area contributed by atoms with E-state index in [-0.39, 0.29) is 12.5 Å². The monoisotopic (exact) mass is 368 g/mol. The van der Waals surface area contributed by atoms with Gasteiger partial charge in [0.2, 0.25) is 5.91 Å². The van der Waals surface area contributed by atoms with Gasteiger partial charge < -0.3 is 14.1 Å². The molecule has 2 aromatic carbocycles. The number of ether oxygens (including phenoxy) is 1. The Morgan fingerprint density at radius 1 is 1.11 bits per heavy atom. The molecule has 0 fully saturated rings. The van der Waals surface area contributed by atoms with Crippen molar-refractivity contribution in [3.63, 3.8) is 0 Å². The number of para-hydroxylation sites is 2. The number of aromatic nitrogens is 1. The van der Waals surface area contributed by atoms with Crippen molar-refractivity contribution in [2.75, 3.05) is 13.7 Å². The Morgan fingerprint density at radius 3 is 2.48 bits per heavy atom. The third-order valence-corrected chi connectivity index (χ3v) is 4.58. The van der Waals surface area contributed by atoms with Crippen LogP contribution in [0.4, 0.5) is 0 Å². The molecule has 0 spiro atoms. The average Bonchev–Trinajstić information content (AvgIpc) is 2.96. The zero-order chi connectivity index (χ0) is 19.4. The van der Waals surface area contributed by atoms with Gasteiger partial charge in [-0.3, -0.25) is 9.36 Å². The van der Waals surface area contributed by atoms with Crippen LogP contribution in [0.25, 0.3) is 11.1 Å². The Bertz CT molecular complexity index is 973. The Morgan fingerprint density at radius 2 is 1.78 bits per heavy atom. The molecular weight excluding hydrogens is 344 g/mol. The van der Waals surface area contributed by atoms with E-state index in [1.165, 1.54) is 4.57 Å². The van der Waals surface area contributed by atoms with Crippen molar-refractivity contribution in [3.8, 4) is 0 Å². The molecule has 0 aliphatic heterocycles. The molecule has 27 heavy (non-hydrogen) atoms. The van der Waals surface area contributed by atoms with Gasteiger partial charge in [-0.1, -0.05) is 42.5 Å². The number of benzene rings is 2. The Balaban J connectivity index is 1.92. The highest BCUT2D eigenvalue weighted by Crippen LogP contribution is 2.20. The fraction of sp³-hybridized carbons (Fsp3) is 0.333. The lowest BCUT2D eigenvalue weighted by Gasteiger charge is -2.38. The SMILES string of the molecule is COCC(C)(C)N(Cc1ccccc1)C(=O)Cn1c(=O)oc2ccccc21. The minimum atomic E-state index is -0.537. The molecule has 1 amide bonds. The van der Waals surface area contributed by atoms with E-state index in [9.17, 15) is 9.59 Å². The summed E-state index contributed by atoms with van der Waals surface area (Å²) < 4.78 is 11.9. The molecule has 3 rings (SSSR count). The Labute approximate surface area is 158 Å². The van der Waals surface area contributed by atoms with E-state index >= 15 is 0 Å². The zero-order valence-electron chi connectivity index (χ0n) is 15.8. The number of nitrogens with zero attached hydrogens (tertiary/aromatic N) is 2. The van der Waals surface area contributed by atoms with Crippen LogP contribution in [0.15, 0.2) is 63.8 Å². The Kier molecular flexibility index (Phi) is 5.46. The number of carbonyl (C=O) groups is 1. The number of carbonyl (C=O) groups excluding carboxylic acids is 1. The summed E-state index contributed by atoms with van der Waals surface area (Å²) in [5, 5.41) is 0. The second kappa shape index (κ2) is 7.80. The normalized spacial score (nSPS) is 11.7. The van der Waals surface area contributed by atoms with Crippen molar-refractivity contribution < 1.29 is 13.9 Å². The van der Waals surface area contributed by atoms with Gasteiger partial charge in [-0.05, 0) is 31.5 Å². The molecule has 0 bridgehead atoms. The van der Waals surface area contributed by atoms with E-state index < -0.39 is 11.3 Å². The lowest BCUT2D eigenvalue weighted by atomic mass is 10.0. The van der Waals surface area contributed by atoms with E-state index in [0.717, 1.165) is 5.56 Å². The van der Waals surface area contributed by atoms with Gasteiger partial charge >= 0.3 is 5.76 Å². The number of hydrogen-bond donors (Lipinski definition) is 0. The van der Waals surface area contributed by atoms with Gasteiger partial charge in [0.1, 0.15) is 6.54 Å². The molecule has 0 saturated heterocycles. The van der Waals surface area contributed by atoms with Gasteiger partial charge in [0, 0.05) is 13.7 Å². The number of fused-ring (bicyclic) bond motifs is 1. The number of hydrogen-bond acceptors (Lipinski definition) is 4. The van der Waals surface area contributed by atoms with Crippen LogP contribution >= 0.6 is 0 Å². The summed E-state index contributed by atoms with van der Waals surface area (Å²) in [5.41, 5.74) is 1.56. The zero-order valence-corrected chi connectivity index (χ0v) is 15.8. The summed E-state index contributed by atoms with van der Waals surface area (Å²) in [4.78, 5) is 27.2. The first-order chi connectivity index (χ1) is 12.9. The maximum Gasteiger partial charge on any atom is 0.420 e. The van der Waals surface area contributed by atoms with Crippen LogP contribution in [0.3, 0.4) is 0 Å². The van der Waals surface area contributed by atoms with Crippen LogP contribution < -0.4 is 5.76 Å². The van der Waals surface area contributed by atoms with Crippen molar-refractivity contribution in [2.24, 2.45) is 0 Å². The smallest absolute Gasteiger partial charge is 0.408 e. The van der Waals surface area contributed by atoms with E-state index in [4.69, 9.17) is 9.15 Å². The van der Waals surface area contributed by atoms with Crippen molar-refractivity contribution in [3.05, 3.63) is 70.7 Å². The van der Waals surface area contributed by atoms with Crippen LogP contribution in [-0.2, 0) is 22.6 Å². The largest absolute Gasteiger partial charge is 0.420 e. The van der Waals surface area contributed by atoms with Gasteiger partial charge in [0.15, 0.2) is 5.58 Å². The summed E-state index contributed by atoms with van der Waals surface area (Å²) >= 11 is 0. The van der Waals surface area contributed by atoms with Crippen molar-refractivity contribution in [1.82, 2.24) is 9.47 Å². The number of amides is 1. The number of oxazole rings is 1. The van der Waals surface area contributed by atoms with Crippen molar-refractivity contribution in [1.29, 1.82) is 0 Å². The number of methoxy groups -OCH3 is 1. The lowest BCUT2D eigenvalue weighted by molar-refractivity contribution is -0.140. The third kappa shape index (κ3) is 4.11. The van der Waals surface area contributed by atoms with Crippen molar-refractivity contribution in [2.45, 2.75) is 32.5 Å². The average molecular weight is 368 g/mol. The minimum Gasteiger partial charge on any atom is -0.408 e. The highest BCUT2D eigenvalue weighted by Gasteiger charge is 2.31. The fourth-order valence-corrected chi connectivity index (χ4v) is 3.22. The molecule has 3 aromatic rings. The molecule has 0 atom stereocenters. The maximum atomic E-state index is 13.2. The Hall–Kier alpha value is -2.86. The molecule has 0 radical (unpaired) electrons. The van der Waals surface area contributed by atoms with Gasteiger partial charge in [0.25, 0.3) is 0 Å². The van der Waals surface area contributed by atoms with Gasteiger partial charge in [-0.2, -0.15) is 0 Å². The lowest BCUT2D eigenvalue weighted by Crippen LogP contribution is -2.51. The topological polar surface area (TPSA) is 64.7 Å². The standard InChI is InChI=1S/C21H24N2O4/c1-21(2,15-26-3)23(13-16-9-5-4-6-10-16)19(24)14-22-17-11-7-8-12-18(17)27-20(22)25/h4-12H,13-15H2,1-3H3. The molecular formula is C21H24N2O4. The quantitative estimate of drug-likeness (QED) is 0.643. The molecule has 0 saturated carbocycles. The minimum absolute atomic E-state index is 0.0875. The summed E-state index contributed by atoms with van der Waals surface area (Å²) in [6.07, 6.45) is 0. The fourth-order valence-electron chi connectivity index (χ4n) is 3.22.